The van der Waals surface area contributed by atoms with Crippen LogP contribution in [0.2, 0.25) is 5.02 Å². The van der Waals surface area contributed by atoms with Crippen molar-refractivity contribution in [3.05, 3.63) is 58.6 Å². The summed E-state index contributed by atoms with van der Waals surface area (Å²) >= 11 is 5.84. The van der Waals surface area contributed by atoms with Crippen LogP contribution in [0.4, 0.5) is 8.78 Å². The van der Waals surface area contributed by atoms with Crippen molar-refractivity contribution in [2.45, 2.75) is 0 Å². The van der Waals surface area contributed by atoms with Crippen LogP contribution >= 0.6 is 11.6 Å². The number of carboxylic acid groups (broad SMARTS) is 1. The fraction of sp³-hybridized carbons (Fsp3) is 0. The summed E-state index contributed by atoms with van der Waals surface area (Å²) in [7, 11) is 0. The molecule has 0 spiro atoms. The van der Waals surface area contributed by atoms with Gasteiger partial charge in [0.15, 0.2) is 0 Å². The molecular formula is C13H7ClF2O2. The molecule has 0 atom stereocenters. The van der Waals surface area contributed by atoms with Crippen LogP contribution < -0.4 is 0 Å². The molecule has 2 rings (SSSR count). The van der Waals surface area contributed by atoms with Gasteiger partial charge in [-0.25, -0.2) is 13.6 Å². The fourth-order valence-corrected chi connectivity index (χ4v) is 1.87. The molecule has 0 unspecified atom stereocenters. The predicted molar refractivity (Wildman–Crippen MR) is 63.8 cm³/mol. The minimum atomic E-state index is -1.24. The lowest BCUT2D eigenvalue weighted by Crippen LogP contribution is -1.97. The van der Waals surface area contributed by atoms with Gasteiger partial charge in [0.05, 0.1) is 10.6 Å². The van der Waals surface area contributed by atoms with E-state index in [0.29, 0.717) is 5.56 Å². The van der Waals surface area contributed by atoms with Gasteiger partial charge < -0.3 is 5.11 Å². The molecule has 5 heteroatoms. The second-order valence-corrected chi connectivity index (χ2v) is 4.07. The molecule has 0 heterocycles. The molecular weight excluding hydrogens is 262 g/mol. The Hall–Kier alpha value is -1.94. The van der Waals surface area contributed by atoms with Gasteiger partial charge in [-0.05, 0) is 42.0 Å². The minimum Gasteiger partial charge on any atom is -0.478 e. The second-order valence-electron chi connectivity index (χ2n) is 3.66. The van der Waals surface area contributed by atoms with Gasteiger partial charge in [-0.3, -0.25) is 0 Å². The highest BCUT2D eigenvalue weighted by Crippen LogP contribution is 2.29. The SMILES string of the molecule is O=C(O)c1cc(F)cc(-c2ccc(F)cc2Cl)c1. The van der Waals surface area contributed by atoms with E-state index in [2.05, 4.69) is 0 Å². The molecule has 1 N–H and O–H groups in total. The highest BCUT2D eigenvalue weighted by Gasteiger charge is 2.11. The Balaban J connectivity index is 2.60. The van der Waals surface area contributed by atoms with Gasteiger partial charge >= 0.3 is 5.97 Å². The lowest BCUT2D eigenvalue weighted by Gasteiger charge is -2.06. The maximum atomic E-state index is 13.3. The van der Waals surface area contributed by atoms with E-state index in [1.54, 1.807) is 0 Å². The first-order valence-electron chi connectivity index (χ1n) is 4.96. The third-order valence-electron chi connectivity index (χ3n) is 2.39. The highest BCUT2D eigenvalue weighted by molar-refractivity contribution is 6.33. The minimum absolute atomic E-state index is 0.0944. The molecule has 0 saturated carbocycles. The molecule has 0 radical (unpaired) electrons. The third-order valence-corrected chi connectivity index (χ3v) is 2.70. The number of hydrogen-bond donors (Lipinski definition) is 1. The summed E-state index contributed by atoms with van der Waals surface area (Å²) in [4.78, 5) is 10.8. The summed E-state index contributed by atoms with van der Waals surface area (Å²) in [6, 6.07) is 6.96. The Labute approximate surface area is 106 Å². The van der Waals surface area contributed by atoms with Crippen molar-refractivity contribution >= 4 is 17.6 Å². The molecule has 2 aromatic carbocycles. The number of carbonyl (C=O) groups is 1. The Morgan fingerprint density at radius 3 is 2.39 bits per heavy atom. The molecule has 0 amide bonds. The van der Waals surface area contributed by atoms with Crippen LogP contribution in [-0.2, 0) is 0 Å². The lowest BCUT2D eigenvalue weighted by molar-refractivity contribution is 0.0696. The van der Waals surface area contributed by atoms with E-state index >= 15 is 0 Å². The van der Waals surface area contributed by atoms with Crippen LogP contribution in [0.15, 0.2) is 36.4 Å². The maximum absolute atomic E-state index is 13.3. The van der Waals surface area contributed by atoms with Crippen LogP contribution in [0.3, 0.4) is 0 Å². The average molecular weight is 269 g/mol. The number of aromatic carboxylic acids is 1. The zero-order valence-electron chi connectivity index (χ0n) is 8.95. The number of rotatable bonds is 2. The summed E-state index contributed by atoms with van der Waals surface area (Å²) < 4.78 is 26.2. The van der Waals surface area contributed by atoms with Gasteiger partial charge in [-0.15, -0.1) is 0 Å². The maximum Gasteiger partial charge on any atom is 0.335 e. The van der Waals surface area contributed by atoms with Gasteiger partial charge in [0, 0.05) is 5.56 Å². The summed E-state index contributed by atoms with van der Waals surface area (Å²) in [5.41, 5.74) is 0.475. The zero-order valence-corrected chi connectivity index (χ0v) is 9.71. The van der Waals surface area contributed by atoms with Crippen LogP contribution in [0.5, 0.6) is 0 Å². The monoisotopic (exact) mass is 268 g/mol. The smallest absolute Gasteiger partial charge is 0.335 e. The summed E-state index contributed by atoms with van der Waals surface area (Å²) in [6.07, 6.45) is 0. The first-order valence-corrected chi connectivity index (χ1v) is 5.34. The van der Waals surface area contributed by atoms with E-state index in [1.807, 2.05) is 0 Å². The standard InChI is InChI=1S/C13H7ClF2O2/c14-12-6-9(15)1-2-11(12)7-3-8(13(17)18)5-10(16)4-7/h1-6H,(H,17,18). The van der Waals surface area contributed by atoms with Crippen molar-refractivity contribution in [3.8, 4) is 11.1 Å². The first kappa shape index (κ1) is 12.5. The molecule has 0 aliphatic rings. The van der Waals surface area contributed by atoms with E-state index in [4.69, 9.17) is 16.7 Å². The van der Waals surface area contributed by atoms with E-state index in [1.165, 1.54) is 18.2 Å². The third kappa shape index (κ3) is 2.49. The molecule has 0 fully saturated rings. The zero-order chi connectivity index (χ0) is 13.3. The van der Waals surface area contributed by atoms with Crippen molar-refractivity contribution in [1.29, 1.82) is 0 Å². The topological polar surface area (TPSA) is 37.3 Å². The number of benzene rings is 2. The molecule has 0 aliphatic heterocycles. The van der Waals surface area contributed by atoms with E-state index < -0.39 is 17.6 Å². The van der Waals surface area contributed by atoms with Gasteiger partial charge in [0.25, 0.3) is 0 Å². The molecule has 18 heavy (non-hydrogen) atoms. The molecule has 0 bridgehead atoms. The van der Waals surface area contributed by atoms with Gasteiger partial charge in [0.1, 0.15) is 11.6 Å². The first-order chi connectivity index (χ1) is 8.47. The van der Waals surface area contributed by atoms with Crippen molar-refractivity contribution in [3.63, 3.8) is 0 Å². The Bertz CT molecular complexity index is 626. The highest BCUT2D eigenvalue weighted by atomic mass is 35.5. The molecule has 2 nitrogen and oxygen atoms in total. The summed E-state index contributed by atoms with van der Waals surface area (Å²) in [6.45, 7) is 0. The molecule has 0 aromatic heterocycles. The largest absolute Gasteiger partial charge is 0.478 e. The average Bonchev–Trinajstić information content (AvgIpc) is 2.27. The van der Waals surface area contributed by atoms with Crippen molar-refractivity contribution in [1.82, 2.24) is 0 Å². The Morgan fingerprint density at radius 2 is 1.78 bits per heavy atom. The van der Waals surface area contributed by atoms with E-state index in [0.717, 1.165) is 18.2 Å². The van der Waals surface area contributed by atoms with Crippen LogP contribution in [0.1, 0.15) is 10.4 Å². The van der Waals surface area contributed by atoms with Gasteiger partial charge in [-0.1, -0.05) is 11.6 Å². The predicted octanol–water partition coefficient (Wildman–Crippen LogP) is 3.98. The fourth-order valence-electron chi connectivity index (χ4n) is 1.59. The van der Waals surface area contributed by atoms with Crippen LogP contribution in [0, 0.1) is 11.6 Å². The summed E-state index contributed by atoms with van der Waals surface area (Å²) in [5, 5.41) is 8.93. The summed E-state index contributed by atoms with van der Waals surface area (Å²) in [5.74, 6) is -2.45. The number of hydrogen-bond acceptors (Lipinski definition) is 1. The van der Waals surface area contributed by atoms with Gasteiger partial charge in [-0.2, -0.15) is 0 Å². The molecule has 2 aromatic rings. The van der Waals surface area contributed by atoms with E-state index in [9.17, 15) is 13.6 Å². The number of carboxylic acids is 1. The lowest BCUT2D eigenvalue weighted by atomic mass is 10.0. The van der Waals surface area contributed by atoms with Crippen LogP contribution in [-0.4, -0.2) is 11.1 Å². The molecule has 0 saturated heterocycles. The second kappa shape index (κ2) is 4.74. The molecule has 0 aliphatic carbocycles. The van der Waals surface area contributed by atoms with Crippen molar-refractivity contribution < 1.29 is 18.7 Å². The quantitative estimate of drug-likeness (QED) is 0.894. The van der Waals surface area contributed by atoms with Crippen molar-refractivity contribution in [2.75, 3.05) is 0 Å². The Morgan fingerprint density at radius 1 is 1.06 bits per heavy atom. The van der Waals surface area contributed by atoms with Gasteiger partial charge in [0.2, 0.25) is 0 Å². The number of halogens is 3. The normalized spacial score (nSPS) is 10.4. The van der Waals surface area contributed by atoms with Crippen molar-refractivity contribution in [2.24, 2.45) is 0 Å². The van der Waals surface area contributed by atoms with Crippen LogP contribution in [0.25, 0.3) is 11.1 Å². The van der Waals surface area contributed by atoms with E-state index in [-0.39, 0.29) is 16.1 Å². The Kier molecular flexibility index (Phi) is 3.30. The molecule has 92 valence electrons.